The molecule has 1 aromatic carbocycles. The van der Waals surface area contributed by atoms with Crippen molar-refractivity contribution >= 4 is 17.3 Å². The summed E-state index contributed by atoms with van der Waals surface area (Å²) < 4.78 is 5.50. The van der Waals surface area contributed by atoms with Crippen molar-refractivity contribution in [2.45, 2.75) is 34.6 Å². The van der Waals surface area contributed by atoms with Gasteiger partial charge in [-0.1, -0.05) is 6.07 Å². The van der Waals surface area contributed by atoms with Crippen molar-refractivity contribution in [3.05, 3.63) is 45.9 Å². The van der Waals surface area contributed by atoms with Crippen molar-refractivity contribution in [2.75, 3.05) is 11.1 Å². The van der Waals surface area contributed by atoms with Gasteiger partial charge in [-0.3, -0.25) is 4.79 Å². The quantitative estimate of drug-likeness (QED) is 0.820. The molecule has 0 fully saturated rings. The summed E-state index contributed by atoms with van der Waals surface area (Å²) in [6.07, 6.45) is 0. The third-order valence-electron chi connectivity index (χ3n) is 3.80. The molecule has 20 heavy (non-hydrogen) atoms. The molecule has 0 unspecified atom stereocenters. The lowest BCUT2D eigenvalue weighted by molar-refractivity contribution is 0.102. The Morgan fingerprint density at radius 2 is 1.70 bits per heavy atom. The Hall–Kier alpha value is -2.23. The molecule has 4 heteroatoms. The van der Waals surface area contributed by atoms with Crippen LogP contribution in [0.4, 0.5) is 11.4 Å². The molecule has 0 aliphatic rings. The van der Waals surface area contributed by atoms with Crippen LogP contribution >= 0.6 is 0 Å². The molecule has 1 amide bonds. The number of furan rings is 1. The van der Waals surface area contributed by atoms with Crippen LogP contribution in [-0.2, 0) is 0 Å². The lowest BCUT2D eigenvalue weighted by atomic mass is 10.1. The Morgan fingerprint density at radius 1 is 1.05 bits per heavy atom. The lowest BCUT2D eigenvalue weighted by Crippen LogP contribution is -2.16. The van der Waals surface area contributed by atoms with E-state index in [9.17, 15) is 4.79 Å². The number of carbonyl (C=O) groups is 1. The van der Waals surface area contributed by atoms with Crippen LogP contribution in [0, 0.1) is 34.6 Å². The fraction of sp³-hybridized carbons (Fsp3) is 0.312. The Kier molecular flexibility index (Phi) is 3.57. The van der Waals surface area contributed by atoms with E-state index in [0.717, 1.165) is 22.5 Å². The van der Waals surface area contributed by atoms with Gasteiger partial charge in [0.2, 0.25) is 0 Å². The summed E-state index contributed by atoms with van der Waals surface area (Å²) in [6.45, 7) is 9.46. The molecule has 0 saturated heterocycles. The van der Waals surface area contributed by atoms with Crippen LogP contribution in [0.1, 0.15) is 38.6 Å². The maximum atomic E-state index is 12.5. The van der Waals surface area contributed by atoms with Gasteiger partial charge in [0.25, 0.3) is 5.91 Å². The molecule has 0 radical (unpaired) electrons. The second-order valence-corrected chi connectivity index (χ2v) is 5.14. The maximum absolute atomic E-state index is 12.5. The highest BCUT2D eigenvalue weighted by atomic mass is 16.3. The molecular weight excluding hydrogens is 252 g/mol. The number of amides is 1. The van der Waals surface area contributed by atoms with Crippen LogP contribution in [0.15, 0.2) is 16.5 Å². The van der Waals surface area contributed by atoms with E-state index >= 15 is 0 Å². The standard InChI is InChI=1S/C16H20N2O2/c1-8-6-7-13(17)15(9(8)2)18-16(19)14-10(3)11(4)20-12(14)5/h6-7H,17H2,1-5H3,(H,18,19). The summed E-state index contributed by atoms with van der Waals surface area (Å²) >= 11 is 0. The van der Waals surface area contributed by atoms with Crippen molar-refractivity contribution in [2.24, 2.45) is 0 Å². The van der Waals surface area contributed by atoms with Gasteiger partial charge >= 0.3 is 0 Å². The first-order valence-electron chi connectivity index (χ1n) is 6.56. The minimum atomic E-state index is -0.183. The molecule has 0 aliphatic heterocycles. The minimum absolute atomic E-state index is 0.183. The number of hydrogen-bond donors (Lipinski definition) is 2. The zero-order valence-corrected chi connectivity index (χ0v) is 12.5. The van der Waals surface area contributed by atoms with Crippen molar-refractivity contribution < 1.29 is 9.21 Å². The van der Waals surface area contributed by atoms with Gasteiger partial charge in [0, 0.05) is 5.56 Å². The molecule has 1 aromatic heterocycles. The molecule has 1 heterocycles. The van der Waals surface area contributed by atoms with E-state index < -0.39 is 0 Å². The Morgan fingerprint density at radius 3 is 2.25 bits per heavy atom. The molecule has 106 valence electrons. The average molecular weight is 272 g/mol. The van der Waals surface area contributed by atoms with Crippen LogP contribution < -0.4 is 11.1 Å². The van der Waals surface area contributed by atoms with Crippen LogP contribution in [0.3, 0.4) is 0 Å². The molecule has 0 atom stereocenters. The predicted octanol–water partition coefficient (Wildman–Crippen LogP) is 3.66. The molecule has 3 N–H and O–H groups in total. The number of nitrogen functional groups attached to an aromatic ring is 1. The van der Waals surface area contributed by atoms with E-state index in [2.05, 4.69) is 5.32 Å². The van der Waals surface area contributed by atoms with Gasteiger partial charge in [-0.25, -0.2) is 0 Å². The highest BCUT2D eigenvalue weighted by Gasteiger charge is 2.20. The summed E-state index contributed by atoms with van der Waals surface area (Å²) in [6, 6.07) is 3.75. The third kappa shape index (κ3) is 2.29. The van der Waals surface area contributed by atoms with Gasteiger partial charge in [-0.2, -0.15) is 0 Å². The first-order valence-corrected chi connectivity index (χ1v) is 6.56. The zero-order chi connectivity index (χ0) is 15.0. The van der Waals surface area contributed by atoms with E-state index in [1.807, 2.05) is 33.8 Å². The van der Waals surface area contributed by atoms with Crippen molar-refractivity contribution in [3.8, 4) is 0 Å². The first kappa shape index (κ1) is 14.2. The first-order chi connectivity index (χ1) is 9.32. The average Bonchev–Trinajstić information content (AvgIpc) is 2.63. The third-order valence-corrected chi connectivity index (χ3v) is 3.80. The predicted molar refractivity (Wildman–Crippen MR) is 81.2 cm³/mol. The monoisotopic (exact) mass is 272 g/mol. The topological polar surface area (TPSA) is 68.3 Å². The lowest BCUT2D eigenvalue weighted by Gasteiger charge is -2.13. The van der Waals surface area contributed by atoms with Crippen molar-refractivity contribution in [1.29, 1.82) is 0 Å². The molecule has 0 spiro atoms. The summed E-state index contributed by atoms with van der Waals surface area (Å²) in [5.74, 6) is 1.21. The Bertz CT molecular complexity index is 684. The molecular formula is C16H20N2O2. The summed E-state index contributed by atoms with van der Waals surface area (Å²) in [4.78, 5) is 12.5. The SMILES string of the molecule is Cc1ccc(N)c(NC(=O)c2c(C)oc(C)c2C)c1C. The number of anilines is 2. The van der Waals surface area contributed by atoms with Crippen molar-refractivity contribution in [3.63, 3.8) is 0 Å². The highest BCUT2D eigenvalue weighted by molar-refractivity contribution is 6.08. The second kappa shape index (κ2) is 5.04. The number of nitrogens with two attached hydrogens (primary N) is 1. The van der Waals surface area contributed by atoms with Gasteiger partial charge in [0.15, 0.2) is 0 Å². The fourth-order valence-corrected chi connectivity index (χ4v) is 2.31. The number of rotatable bonds is 2. The second-order valence-electron chi connectivity index (χ2n) is 5.14. The molecule has 0 saturated carbocycles. The van der Waals surface area contributed by atoms with Crippen LogP contribution in [0.2, 0.25) is 0 Å². The summed E-state index contributed by atoms with van der Waals surface area (Å²) in [5, 5.41) is 2.91. The normalized spacial score (nSPS) is 10.7. The van der Waals surface area contributed by atoms with Gasteiger partial charge < -0.3 is 15.5 Å². The number of carbonyl (C=O) groups excluding carboxylic acids is 1. The van der Waals surface area contributed by atoms with E-state index in [1.54, 1.807) is 13.0 Å². The molecule has 0 bridgehead atoms. The number of benzene rings is 1. The van der Waals surface area contributed by atoms with Crippen LogP contribution in [0.25, 0.3) is 0 Å². The van der Waals surface area contributed by atoms with E-state index in [-0.39, 0.29) is 5.91 Å². The van der Waals surface area contributed by atoms with Crippen molar-refractivity contribution in [1.82, 2.24) is 0 Å². The summed E-state index contributed by atoms with van der Waals surface area (Å²) in [5.41, 5.74) is 10.7. The fourth-order valence-electron chi connectivity index (χ4n) is 2.31. The Labute approximate surface area is 119 Å². The van der Waals surface area contributed by atoms with Crippen LogP contribution in [0.5, 0.6) is 0 Å². The van der Waals surface area contributed by atoms with E-state index in [1.165, 1.54) is 0 Å². The molecule has 4 nitrogen and oxygen atoms in total. The van der Waals surface area contributed by atoms with Gasteiger partial charge in [0.1, 0.15) is 11.5 Å². The maximum Gasteiger partial charge on any atom is 0.259 e. The molecule has 2 aromatic rings. The number of hydrogen-bond acceptors (Lipinski definition) is 3. The van der Waals surface area contributed by atoms with Gasteiger partial charge in [-0.05, 0) is 51.8 Å². The van der Waals surface area contributed by atoms with E-state index in [4.69, 9.17) is 10.2 Å². The van der Waals surface area contributed by atoms with E-state index in [0.29, 0.717) is 22.7 Å². The van der Waals surface area contributed by atoms with Crippen LogP contribution in [-0.4, -0.2) is 5.91 Å². The molecule has 0 aliphatic carbocycles. The number of nitrogens with one attached hydrogen (secondary N) is 1. The minimum Gasteiger partial charge on any atom is -0.466 e. The molecule has 2 rings (SSSR count). The largest absolute Gasteiger partial charge is 0.466 e. The van der Waals surface area contributed by atoms with Gasteiger partial charge in [-0.15, -0.1) is 0 Å². The highest BCUT2D eigenvalue weighted by Crippen LogP contribution is 2.28. The summed E-state index contributed by atoms with van der Waals surface area (Å²) in [7, 11) is 0. The zero-order valence-electron chi connectivity index (χ0n) is 12.5. The smallest absolute Gasteiger partial charge is 0.259 e. The van der Waals surface area contributed by atoms with Gasteiger partial charge in [0.05, 0.1) is 16.9 Å². The number of aryl methyl sites for hydroxylation is 3. The Balaban J connectivity index is 2.40.